The molecule has 0 saturated heterocycles. The van der Waals surface area contributed by atoms with Crippen LogP contribution in [0.15, 0.2) is 30.5 Å². The van der Waals surface area contributed by atoms with Gasteiger partial charge >= 0.3 is 0 Å². The van der Waals surface area contributed by atoms with Gasteiger partial charge in [0.05, 0.1) is 12.8 Å². The molecule has 0 spiro atoms. The van der Waals surface area contributed by atoms with E-state index in [1.165, 1.54) is 12.8 Å². The first-order valence-electron chi connectivity index (χ1n) is 7.20. The van der Waals surface area contributed by atoms with Gasteiger partial charge in [-0.3, -0.25) is 5.10 Å². The van der Waals surface area contributed by atoms with Gasteiger partial charge in [0.2, 0.25) is 0 Å². The topological polar surface area (TPSA) is 63.9 Å². The van der Waals surface area contributed by atoms with Gasteiger partial charge in [-0.2, -0.15) is 5.10 Å². The van der Waals surface area contributed by atoms with Crippen LogP contribution in [0.1, 0.15) is 44.2 Å². The summed E-state index contributed by atoms with van der Waals surface area (Å²) in [5, 5.41) is 7.05. The van der Waals surface area contributed by atoms with Crippen molar-refractivity contribution in [3.05, 3.63) is 36.0 Å². The molecule has 0 aliphatic rings. The SMILES string of the molecule is CCCCCC(N)c1cc(-c2cc[nH]n2)ccc1OC. The summed E-state index contributed by atoms with van der Waals surface area (Å²) in [6.45, 7) is 2.20. The Morgan fingerprint density at radius 2 is 2.15 bits per heavy atom. The number of unbranched alkanes of at least 4 members (excludes halogenated alkanes) is 2. The van der Waals surface area contributed by atoms with Crippen molar-refractivity contribution >= 4 is 0 Å². The summed E-state index contributed by atoms with van der Waals surface area (Å²) in [5.41, 5.74) is 9.37. The number of rotatable bonds is 7. The van der Waals surface area contributed by atoms with E-state index in [9.17, 15) is 0 Å². The number of benzene rings is 1. The highest BCUT2D eigenvalue weighted by molar-refractivity contribution is 5.62. The van der Waals surface area contributed by atoms with Crippen molar-refractivity contribution in [1.82, 2.24) is 10.2 Å². The molecule has 1 atom stereocenters. The van der Waals surface area contributed by atoms with E-state index in [1.807, 2.05) is 24.4 Å². The van der Waals surface area contributed by atoms with Crippen LogP contribution in [0.25, 0.3) is 11.3 Å². The van der Waals surface area contributed by atoms with Crippen LogP contribution >= 0.6 is 0 Å². The summed E-state index contributed by atoms with van der Waals surface area (Å²) in [7, 11) is 1.69. The fourth-order valence-corrected chi connectivity index (χ4v) is 2.37. The molecule has 108 valence electrons. The lowest BCUT2D eigenvalue weighted by Gasteiger charge is -2.16. The van der Waals surface area contributed by atoms with Crippen LogP contribution in [0.3, 0.4) is 0 Å². The van der Waals surface area contributed by atoms with Crippen LogP contribution < -0.4 is 10.5 Å². The monoisotopic (exact) mass is 273 g/mol. The van der Waals surface area contributed by atoms with Gasteiger partial charge < -0.3 is 10.5 Å². The van der Waals surface area contributed by atoms with Crippen molar-refractivity contribution in [2.75, 3.05) is 7.11 Å². The molecule has 0 radical (unpaired) electrons. The number of hydrogen-bond donors (Lipinski definition) is 2. The number of nitrogens with two attached hydrogens (primary N) is 1. The Balaban J connectivity index is 2.22. The molecule has 0 amide bonds. The Morgan fingerprint density at radius 1 is 1.30 bits per heavy atom. The molecule has 4 heteroatoms. The summed E-state index contributed by atoms with van der Waals surface area (Å²) in [5.74, 6) is 0.855. The molecule has 0 aliphatic heterocycles. The van der Waals surface area contributed by atoms with Gasteiger partial charge in [0.25, 0.3) is 0 Å². The molecule has 1 aromatic carbocycles. The third-order valence-corrected chi connectivity index (χ3v) is 3.54. The van der Waals surface area contributed by atoms with Crippen LogP contribution in [-0.4, -0.2) is 17.3 Å². The lowest BCUT2D eigenvalue weighted by atomic mass is 9.97. The standard InChI is InChI=1S/C16H23N3O/c1-3-4-5-6-14(17)13-11-12(7-8-16(13)20-2)15-9-10-18-19-15/h7-11,14H,3-6,17H2,1-2H3,(H,18,19). The molecule has 1 aromatic heterocycles. The number of aromatic amines is 1. The van der Waals surface area contributed by atoms with Crippen LogP contribution in [0.5, 0.6) is 5.75 Å². The first kappa shape index (κ1) is 14.6. The Bertz CT molecular complexity index is 523. The van der Waals surface area contributed by atoms with Crippen molar-refractivity contribution in [2.24, 2.45) is 5.73 Å². The average Bonchev–Trinajstić information content (AvgIpc) is 3.01. The molecular weight excluding hydrogens is 250 g/mol. The minimum Gasteiger partial charge on any atom is -0.496 e. The van der Waals surface area contributed by atoms with E-state index in [-0.39, 0.29) is 6.04 Å². The van der Waals surface area contributed by atoms with Crippen molar-refractivity contribution in [1.29, 1.82) is 0 Å². The zero-order valence-corrected chi connectivity index (χ0v) is 12.2. The van der Waals surface area contributed by atoms with E-state index in [1.54, 1.807) is 7.11 Å². The number of nitrogens with zero attached hydrogens (tertiary/aromatic N) is 1. The molecule has 20 heavy (non-hydrogen) atoms. The number of hydrogen-bond acceptors (Lipinski definition) is 3. The summed E-state index contributed by atoms with van der Waals surface area (Å²) in [6, 6.07) is 8.03. The largest absolute Gasteiger partial charge is 0.496 e. The van der Waals surface area contributed by atoms with Gasteiger partial charge in [0.1, 0.15) is 5.75 Å². The Kier molecular flexibility index (Phi) is 5.18. The average molecular weight is 273 g/mol. The van der Waals surface area contributed by atoms with Crippen LogP contribution in [0.2, 0.25) is 0 Å². The van der Waals surface area contributed by atoms with E-state index < -0.39 is 0 Å². The van der Waals surface area contributed by atoms with Crippen molar-refractivity contribution in [2.45, 2.75) is 38.6 Å². The molecule has 4 nitrogen and oxygen atoms in total. The molecule has 2 aromatic rings. The van der Waals surface area contributed by atoms with E-state index in [2.05, 4.69) is 23.2 Å². The quantitative estimate of drug-likeness (QED) is 0.757. The summed E-state index contributed by atoms with van der Waals surface area (Å²) in [4.78, 5) is 0. The van der Waals surface area contributed by atoms with Gasteiger partial charge in [-0.15, -0.1) is 0 Å². The van der Waals surface area contributed by atoms with E-state index in [0.29, 0.717) is 0 Å². The maximum absolute atomic E-state index is 6.33. The maximum Gasteiger partial charge on any atom is 0.123 e. The molecule has 0 fully saturated rings. The molecule has 3 N–H and O–H groups in total. The highest BCUT2D eigenvalue weighted by Crippen LogP contribution is 2.31. The fraction of sp³-hybridized carbons (Fsp3) is 0.438. The number of ether oxygens (including phenoxy) is 1. The minimum atomic E-state index is 0.00962. The third-order valence-electron chi connectivity index (χ3n) is 3.54. The zero-order valence-electron chi connectivity index (χ0n) is 12.2. The van der Waals surface area contributed by atoms with Gasteiger partial charge in [-0.1, -0.05) is 26.2 Å². The molecule has 0 saturated carbocycles. The van der Waals surface area contributed by atoms with Crippen LogP contribution in [0.4, 0.5) is 0 Å². The second kappa shape index (κ2) is 7.10. The Hall–Kier alpha value is -1.81. The lowest BCUT2D eigenvalue weighted by Crippen LogP contribution is -2.11. The Morgan fingerprint density at radius 3 is 2.80 bits per heavy atom. The van der Waals surface area contributed by atoms with Crippen molar-refractivity contribution in [3.8, 4) is 17.0 Å². The first-order valence-corrected chi connectivity index (χ1v) is 7.20. The molecular formula is C16H23N3O. The molecule has 2 rings (SSSR count). The molecule has 1 unspecified atom stereocenters. The molecule has 0 bridgehead atoms. The summed E-state index contributed by atoms with van der Waals surface area (Å²) in [6.07, 6.45) is 6.37. The number of H-pyrrole nitrogens is 1. The normalized spacial score (nSPS) is 12.3. The molecule has 0 aliphatic carbocycles. The molecule has 1 heterocycles. The smallest absolute Gasteiger partial charge is 0.123 e. The number of nitrogens with one attached hydrogen (secondary N) is 1. The predicted molar refractivity (Wildman–Crippen MR) is 81.6 cm³/mol. The first-order chi connectivity index (χ1) is 9.76. The fourth-order valence-electron chi connectivity index (χ4n) is 2.37. The van der Waals surface area contributed by atoms with E-state index >= 15 is 0 Å². The van der Waals surface area contributed by atoms with Gasteiger partial charge in [0, 0.05) is 23.4 Å². The lowest BCUT2D eigenvalue weighted by molar-refractivity contribution is 0.403. The number of aromatic nitrogens is 2. The number of methoxy groups -OCH3 is 1. The Labute approximate surface area is 120 Å². The zero-order chi connectivity index (χ0) is 14.4. The second-order valence-corrected chi connectivity index (χ2v) is 5.02. The second-order valence-electron chi connectivity index (χ2n) is 5.02. The van der Waals surface area contributed by atoms with Crippen molar-refractivity contribution < 1.29 is 4.74 Å². The van der Waals surface area contributed by atoms with Crippen LogP contribution in [-0.2, 0) is 0 Å². The van der Waals surface area contributed by atoms with Gasteiger partial charge in [-0.25, -0.2) is 0 Å². The summed E-state index contributed by atoms with van der Waals surface area (Å²) >= 11 is 0. The van der Waals surface area contributed by atoms with E-state index in [0.717, 1.165) is 35.4 Å². The van der Waals surface area contributed by atoms with Crippen molar-refractivity contribution in [3.63, 3.8) is 0 Å². The highest BCUT2D eigenvalue weighted by Gasteiger charge is 2.13. The third kappa shape index (κ3) is 3.39. The maximum atomic E-state index is 6.33. The summed E-state index contributed by atoms with van der Waals surface area (Å²) < 4.78 is 5.44. The van der Waals surface area contributed by atoms with Gasteiger partial charge in [-0.05, 0) is 30.7 Å². The predicted octanol–water partition coefficient (Wildman–Crippen LogP) is 3.67. The van der Waals surface area contributed by atoms with E-state index in [4.69, 9.17) is 10.5 Å². The van der Waals surface area contributed by atoms with Gasteiger partial charge in [0.15, 0.2) is 0 Å². The minimum absolute atomic E-state index is 0.00962. The highest BCUT2D eigenvalue weighted by atomic mass is 16.5. The van der Waals surface area contributed by atoms with Crippen LogP contribution in [0, 0.1) is 0 Å².